The first-order chi connectivity index (χ1) is 5.36. The number of nitrogens with zero attached hydrogens (tertiary/aromatic N) is 2. The number of hydrogen-bond acceptors (Lipinski definition) is 3. The third-order valence-electron chi connectivity index (χ3n) is 1.35. The molecule has 0 N–H and O–H groups in total. The van der Waals surface area contributed by atoms with Crippen molar-refractivity contribution in [2.45, 2.75) is 13.3 Å². The van der Waals surface area contributed by atoms with Gasteiger partial charge in [0.25, 0.3) is 0 Å². The van der Waals surface area contributed by atoms with E-state index in [9.17, 15) is 4.79 Å². The summed E-state index contributed by atoms with van der Waals surface area (Å²) >= 11 is 0. The summed E-state index contributed by atoms with van der Waals surface area (Å²) in [7, 11) is 0. The van der Waals surface area contributed by atoms with Gasteiger partial charge in [-0.2, -0.15) is 4.99 Å². The second-order valence-electron chi connectivity index (χ2n) is 2.06. The summed E-state index contributed by atoms with van der Waals surface area (Å²) in [6, 6.07) is 3.59. The molecular weight excluding hydrogens is 140 g/mol. The molecule has 0 saturated heterocycles. The summed E-state index contributed by atoms with van der Waals surface area (Å²) in [6.45, 7) is 2.02. The largest absolute Gasteiger partial charge is 0.259 e. The molecule has 0 unspecified atom stereocenters. The van der Waals surface area contributed by atoms with Crippen molar-refractivity contribution in [1.82, 2.24) is 4.98 Å². The van der Waals surface area contributed by atoms with Crippen molar-refractivity contribution in [1.29, 1.82) is 0 Å². The molecule has 1 aromatic rings. The van der Waals surface area contributed by atoms with Crippen molar-refractivity contribution < 1.29 is 4.79 Å². The van der Waals surface area contributed by atoms with Crippen LogP contribution in [0.4, 0.5) is 5.69 Å². The maximum atomic E-state index is 9.81. The lowest BCUT2D eigenvalue weighted by molar-refractivity contribution is 0.565. The van der Waals surface area contributed by atoms with Gasteiger partial charge in [-0.1, -0.05) is 6.92 Å². The van der Waals surface area contributed by atoms with E-state index in [1.54, 1.807) is 12.3 Å². The lowest BCUT2D eigenvalue weighted by atomic mass is 10.3. The van der Waals surface area contributed by atoms with E-state index in [1.807, 2.05) is 13.0 Å². The Labute approximate surface area is 64.8 Å². The normalized spacial score (nSPS) is 8.82. The van der Waals surface area contributed by atoms with Crippen LogP contribution in [-0.4, -0.2) is 11.1 Å². The molecule has 0 spiro atoms. The summed E-state index contributed by atoms with van der Waals surface area (Å²) < 4.78 is 0. The lowest BCUT2D eigenvalue weighted by Gasteiger charge is -1.93. The number of carbonyl (C=O) groups excluding carboxylic acids is 1. The molecule has 3 nitrogen and oxygen atoms in total. The molecule has 0 aromatic carbocycles. The van der Waals surface area contributed by atoms with E-state index in [2.05, 4.69) is 9.98 Å². The van der Waals surface area contributed by atoms with Crippen LogP contribution in [0.1, 0.15) is 12.6 Å². The Hall–Kier alpha value is -1.47. The average Bonchev–Trinajstić information content (AvgIpc) is 2.07. The molecule has 3 heteroatoms. The van der Waals surface area contributed by atoms with Crippen molar-refractivity contribution in [3.63, 3.8) is 0 Å². The first kappa shape index (κ1) is 7.63. The zero-order valence-corrected chi connectivity index (χ0v) is 6.24. The minimum absolute atomic E-state index is 0.553. The van der Waals surface area contributed by atoms with Crippen LogP contribution in [0.3, 0.4) is 0 Å². The quantitative estimate of drug-likeness (QED) is 0.472. The highest BCUT2D eigenvalue weighted by molar-refractivity contribution is 5.47. The van der Waals surface area contributed by atoms with Crippen LogP contribution < -0.4 is 0 Å². The van der Waals surface area contributed by atoms with E-state index in [1.165, 1.54) is 6.08 Å². The summed E-state index contributed by atoms with van der Waals surface area (Å²) in [4.78, 5) is 17.3. The molecule has 1 aromatic heterocycles. The SMILES string of the molecule is CCc1ccc(N=C=O)cn1. The molecule has 56 valence electrons. The smallest absolute Gasteiger partial charge is 0.240 e. The number of rotatable bonds is 2. The molecule has 0 bridgehead atoms. The first-order valence-corrected chi connectivity index (χ1v) is 3.39. The maximum Gasteiger partial charge on any atom is 0.240 e. The third-order valence-corrected chi connectivity index (χ3v) is 1.35. The number of pyridine rings is 1. The Morgan fingerprint density at radius 1 is 1.64 bits per heavy atom. The highest BCUT2D eigenvalue weighted by Gasteiger charge is 1.90. The van der Waals surface area contributed by atoms with E-state index in [-0.39, 0.29) is 0 Å². The van der Waals surface area contributed by atoms with Crippen LogP contribution in [0.25, 0.3) is 0 Å². The van der Waals surface area contributed by atoms with Gasteiger partial charge in [0.1, 0.15) is 0 Å². The topological polar surface area (TPSA) is 42.3 Å². The Bertz CT molecular complexity index is 273. The number of hydrogen-bond donors (Lipinski definition) is 0. The predicted molar refractivity (Wildman–Crippen MR) is 41.4 cm³/mol. The van der Waals surface area contributed by atoms with Crippen molar-refractivity contribution >= 4 is 11.8 Å². The molecule has 0 aliphatic carbocycles. The third kappa shape index (κ3) is 1.99. The van der Waals surface area contributed by atoms with E-state index in [0.717, 1.165) is 12.1 Å². The zero-order valence-electron chi connectivity index (χ0n) is 6.24. The maximum absolute atomic E-state index is 9.81. The zero-order chi connectivity index (χ0) is 8.10. The summed E-state index contributed by atoms with van der Waals surface area (Å²) in [6.07, 6.45) is 3.91. The van der Waals surface area contributed by atoms with Gasteiger partial charge in [-0.15, -0.1) is 0 Å². The minimum Gasteiger partial charge on any atom is -0.259 e. The van der Waals surface area contributed by atoms with Gasteiger partial charge in [0.2, 0.25) is 6.08 Å². The van der Waals surface area contributed by atoms with Crippen LogP contribution in [0.5, 0.6) is 0 Å². The lowest BCUT2D eigenvalue weighted by Crippen LogP contribution is -1.82. The fourth-order valence-corrected chi connectivity index (χ4v) is 0.745. The van der Waals surface area contributed by atoms with Gasteiger partial charge < -0.3 is 0 Å². The van der Waals surface area contributed by atoms with E-state index < -0.39 is 0 Å². The molecular formula is C8H8N2O. The van der Waals surface area contributed by atoms with Crippen LogP contribution >= 0.6 is 0 Å². The van der Waals surface area contributed by atoms with E-state index >= 15 is 0 Å². The summed E-state index contributed by atoms with van der Waals surface area (Å²) in [5.74, 6) is 0. The highest BCUT2D eigenvalue weighted by atomic mass is 16.1. The Kier molecular flexibility index (Phi) is 2.53. The standard InChI is InChI=1S/C8H8N2O/c1-2-7-3-4-8(5-9-7)10-6-11/h3-5H,2H2,1H3. The van der Waals surface area contributed by atoms with Crippen LogP contribution in [0.2, 0.25) is 0 Å². The Morgan fingerprint density at radius 3 is 2.91 bits per heavy atom. The number of isocyanates is 1. The molecule has 0 aliphatic heterocycles. The van der Waals surface area contributed by atoms with Crippen molar-refractivity contribution in [2.75, 3.05) is 0 Å². The van der Waals surface area contributed by atoms with Crippen molar-refractivity contribution in [3.8, 4) is 0 Å². The van der Waals surface area contributed by atoms with Gasteiger partial charge in [0, 0.05) is 5.69 Å². The molecule has 11 heavy (non-hydrogen) atoms. The van der Waals surface area contributed by atoms with Gasteiger partial charge in [-0.25, -0.2) is 4.79 Å². The summed E-state index contributed by atoms with van der Waals surface area (Å²) in [5, 5.41) is 0. The number of aromatic nitrogens is 1. The Balaban J connectivity index is 2.91. The molecule has 0 atom stereocenters. The Morgan fingerprint density at radius 2 is 2.45 bits per heavy atom. The molecule has 0 radical (unpaired) electrons. The molecule has 1 heterocycles. The van der Waals surface area contributed by atoms with Gasteiger partial charge in [0.05, 0.1) is 11.9 Å². The van der Waals surface area contributed by atoms with Crippen LogP contribution in [-0.2, 0) is 11.2 Å². The molecule has 0 amide bonds. The summed E-state index contributed by atoms with van der Waals surface area (Å²) in [5.41, 5.74) is 1.55. The number of aryl methyl sites for hydroxylation is 1. The van der Waals surface area contributed by atoms with Crippen molar-refractivity contribution in [2.24, 2.45) is 4.99 Å². The second-order valence-corrected chi connectivity index (χ2v) is 2.06. The van der Waals surface area contributed by atoms with E-state index in [4.69, 9.17) is 0 Å². The van der Waals surface area contributed by atoms with Crippen LogP contribution in [0, 0.1) is 0 Å². The molecule has 0 fully saturated rings. The molecule has 0 saturated carbocycles. The fourth-order valence-electron chi connectivity index (χ4n) is 0.745. The first-order valence-electron chi connectivity index (χ1n) is 3.39. The highest BCUT2D eigenvalue weighted by Crippen LogP contribution is 2.08. The minimum atomic E-state index is 0.553. The van der Waals surface area contributed by atoms with Crippen LogP contribution in [0.15, 0.2) is 23.3 Å². The number of aliphatic imine (C=N–C) groups is 1. The molecule has 0 aliphatic rings. The van der Waals surface area contributed by atoms with Crippen molar-refractivity contribution in [3.05, 3.63) is 24.0 Å². The second kappa shape index (κ2) is 3.64. The average molecular weight is 148 g/mol. The van der Waals surface area contributed by atoms with Gasteiger partial charge in [-0.3, -0.25) is 4.98 Å². The monoisotopic (exact) mass is 148 g/mol. The van der Waals surface area contributed by atoms with Gasteiger partial charge >= 0.3 is 0 Å². The predicted octanol–water partition coefficient (Wildman–Crippen LogP) is 1.61. The van der Waals surface area contributed by atoms with E-state index in [0.29, 0.717) is 5.69 Å². The fraction of sp³-hybridized carbons (Fsp3) is 0.250. The van der Waals surface area contributed by atoms with Gasteiger partial charge in [0.15, 0.2) is 0 Å². The van der Waals surface area contributed by atoms with Gasteiger partial charge in [-0.05, 0) is 18.6 Å². The molecule has 1 rings (SSSR count).